The number of unbranched alkanes of at least 4 members (excludes halogenated alkanes) is 65. The van der Waals surface area contributed by atoms with E-state index in [2.05, 4.69) is 13.8 Å². The minimum absolute atomic E-state index is 0.172. The van der Waals surface area contributed by atoms with Crippen molar-refractivity contribution in [3.63, 3.8) is 0 Å². The molecule has 0 aliphatic heterocycles. The molecule has 9 heteroatoms. The zero-order valence-electron chi connectivity index (χ0n) is 63.0. The number of aliphatic carboxylic acids is 1. The summed E-state index contributed by atoms with van der Waals surface area (Å²) in [5.74, 6) is -1.96. The molecule has 1 N–H and O–H groups in total. The summed E-state index contributed by atoms with van der Waals surface area (Å²) in [5, 5.41) is 9.78. The van der Waals surface area contributed by atoms with Crippen molar-refractivity contribution in [2.24, 2.45) is 0 Å². The van der Waals surface area contributed by atoms with E-state index in [1.54, 1.807) is 0 Å². The second kappa shape index (κ2) is 75.1. The number of carboxylic acids is 1. The van der Waals surface area contributed by atoms with Crippen molar-refractivity contribution < 1.29 is 42.9 Å². The molecule has 2 unspecified atom stereocenters. The molecular weight excluding hydrogens is 1140 g/mol. The highest BCUT2D eigenvalue weighted by atomic mass is 16.7. The zero-order valence-corrected chi connectivity index (χ0v) is 63.0. The standard InChI is InChI=1S/C83H163NO8/c1-6-8-10-12-14-16-18-20-22-24-26-28-30-32-34-36-38-39-40-41-42-43-44-46-48-50-52-54-56-58-60-62-64-66-68-70-72-74-81(86)92-79(78-91-83(82(87)88)89-76-75-84(3,4)5)77-90-80(85)73-71-69-67-65-63-61-59-57-55-53-51-49-47-45-37-35-33-31-29-27-25-23-21-19-17-15-13-11-9-7-2/h79,83H,6-78H2,1-5H3/p+1. The second-order valence-electron chi connectivity index (χ2n) is 30.2. The molecule has 0 aromatic heterocycles. The van der Waals surface area contributed by atoms with Gasteiger partial charge in [0.15, 0.2) is 6.10 Å². The van der Waals surface area contributed by atoms with E-state index in [9.17, 15) is 19.5 Å². The minimum Gasteiger partial charge on any atom is -0.477 e. The van der Waals surface area contributed by atoms with Crippen LogP contribution >= 0.6 is 0 Å². The molecule has 0 aromatic rings. The first-order valence-electron chi connectivity index (χ1n) is 41.7. The molecule has 0 saturated heterocycles. The Morgan fingerprint density at radius 2 is 0.489 bits per heavy atom. The fourth-order valence-electron chi connectivity index (χ4n) is 13.3. The fourth-order valence-corrected chi connectivity index (χ4v) is 13.3. The van der Waals surface area contributed by atoms with Crippen molar-refractivity contribution in [3.05, 3.63) is 0 Å². The lowest BCUT2D eigenvalue weighted by molar-refractivity contribution is -0.870. The first kappa shape index (κ1) is 90.3. The van der Waals surface area contributed by atoms with E-state index < -0.39 is 18.4 Å². The number of likely N-dealkylation sites (N-methyl/N-ethyl adjacent to an activating group) is 1. The molecule has 0 heterocycles. The van der Waals surface area contributed by atoms with Crippen LogP contribution in [0.2, 0.25) is 0 Å². The number of hydrogen-bond donors (Lipinski definition) is 1. The van der Waals surface area contributed by atoms with Gasteiger partial charge in [-0.1, -0.05) is 431 Å². The predicted molar refractivity (Wildman–Crippen MR) is 397 cm³/mol. The van der Waals surface area contributed by atoms with Gasteiger partial charge in [-0.3, -0.25) is 9.59 Å². The van der Waals surface area contributed by atoms with Crippen molar-refractivity contribution in [1.82, 2.24) is 0 Å². The fraction of sp³-hybridized carbons (Fsp3) is 0.964. The molecule has 92 heavy (non-hydrogen) atoms. The molecule has 548 valence electrons. The van der Waals surface area contributed by atoms with E-state index >= 15 is 0 Å². The summed E-state index contributed by atoms with van der Waals surface area (Å²) >= 11 is 0. The summed E-state index contributed by atoms with van der Waals surface area (Å²) in [5.41, 5.74) is 0. The molecule has 0 fully saturated rings. The Bertz CT molecular complexity index is 1470. The summed E-state index contributed by atoms with van der Waals surface area (Å²) in [6.07, 6.45) is 90.0. The molecule has 2 atom stereocenters. The van der Waals surface area contributed by atoms with E-state index in [0.29, 0.717) is 17.4 Å². The monoisotopic (exact) mass is 1300 g/mol. The average molecular weight is 1300 g/mol. The maximum atomic E-state index is 13.0. The number of esters is 2. The van der Waals surface area contributed by atoms with Gasteiger partial charge in [0.2, 0.25) is 0 Å². The van der Waals surface area contributed by atoms with Gasteiger partial charge in [-0.25, -0.2) is 4.79 Å². The molecule has 0 aliphatic carbocycles. The quantitative estimate of drug-likeness (QED) is 0.0278. The van der Waals surface area contributed by atoms with Crippen molar-refractivity contribution in [2.45, 2.75) is 469 Å². The second-order valence-corrected chi connectivity index (χ2v) is 30.2. The Labute approximate surface area is 574 Å². The lowest BCUT2D eigenvalue weighted by atomic mass is 10.0. The van der Waals surface area contributed by atoms with Crippen molar-refractivity contribution in [2.75, 3.05) is 47.5 Å². The van der Waals surface area contributed by atoms with Crippen LogP contribution in [0.4, 0.5) is 0 Å². The molecule has 9 nitrogen and oxygen atoms in total. The minimum atomic E-state index is -1.51. The SMILES string of the molecule is CCCCCCCCCCCCCCCCCCCCCCCCCCCCCCCCCCCCCCCC(=O)OC(COC(=O)CCCCCCCCCCCCCCCCCCCCCCCCCCCCCCCC)COC(OCC[N+](C)(C)C)C(=O)O. The molecular formula is C83H164NO8+. The van der Waals surface area contributed by atoms with Crippen molar-refractivity contribution in [3.8, 4) is 0 Å². The largest absolute Gasteiger partial charge is 0.477 e. The number of hydrogen-bond acceptors (Lipinski definition) is 7. The first-order valence-corrected chi connectivity index (χ1v) is 41.7. The normalized spacial score (nSPS) is 12.5. The highest BCUT2D eigenvalue weighted by Crippen LogP contribution is 2.21. The molecule has 0 spiro atoms. The number of carbonyl (C=O) groups is 3. The lowest BCUT2D eigenvalue weighted by Crippen LogP contribution is -2.40. The summed E-state index contributed by atoms with van der Waals surface area (Å²) in [6, 6.07) is 0. The van der Waals surface area contributed by atoms with Crippen molar-refractivity contribution in [1.29, 1.82) is 0 Å². The van der Waals surface area contributed by atoms with Crippen LogP contribution in [-0.2, 0) is 33.3 Å². The molecule has 0 radical (unpaired) electrons. The summed E-state index contributed by atoms with van der Waals surface area (Å²) in [4.78, 5) is 37.7. The van der Waals surface area contributed by atoms with Gasteiger partial charge in [-0.15, -0.1) is 0 Å². The summed E-state index contributed by atoms with van der Waals surface area (Å²) in [6.45, 7) is 4.99. The maximum Gasteiger partial charge on any atom is 0.361 e. The third kappa shape index (κ3) is 75.7. The Morgan fingerprint density at radius 3 is 0.696 bits per heavy atom. The smallest absolute Gasteiger partial charge is 0.361 e. The summed E-state index contributed by atoms with van der Waals surface area (Å²) < 4.78 is 23.1. The Morgan fingerprint density at radius 1 is 0.283 bits per heavy atom. The molecule has 0 aromatic carbocycles. The van der Waals surface area contributed by atoms with E-state index in [1.807, 2.05) is 21.1 Å². The third-order valence-electron chi connectivity index (χ3n) is 19.6. The van der Waals surface area contributed by atoms with Gasteiger partial charge >= 0.3 is 17.9 Å². The van der Waals surface area contributed by atoms with Gasteiger partial charge in [-0.2, -0.15) is 0 Å². The maximum absolute atomic E-state index is 13.0. The Hall–Kier alpha value is -1.71. The van der Waals surface area contributed by atoms with Gasteiger partial charge in [0.05, 0.1) is 34.4 Å². The van der Waals surface area contributed by atoms with Crippen LogP contribution in [-0.4, -0.2) is 87.4 Å². The van der Waals surface area contributed by atoms with E-state index in [4.69, 9.17) is 18.9 Å². The van der Waals surface area contributed by atoms with Crippen LogP contribution in [0.5, 0.6) is 0 Å². The molecule has 0 amide bonds. The predicted octanol–water partition coefficient (Wildman–Crippen LogP) is 26.5. The highest BCUT2D eigenvalue weighted by molar-refractivity contribution is 5.71. The number of nitrogens with zero attached hydrogens (tertiary/aromatic N) is 1. The van der Waals surface area contributed by atoms with Crippen LogP contribution in [0.15, 0.2) is 0 Å². The van der Waals surface area contributed by atoms with Gasteiger partial charge < -0.3 is 28.5 Å². The molecule has 0 bridgehead atoms. The number of carbonyl (C=O) groups excluding carboxylic acids is 2. The Kier molecular flexibility index (Phi) is 73.7. The van der Waals surface area contributed by atoms with Gasteiger partial charge in [-0.05, 0) is 12.8 Å². The van der Waals surface area contributed by atoms with E-state index in [-0.39, 0.29) is 38.2 Å². The van der Waals surface area contributed by atoms with E-state index in [1.165, 1.54) is 392 Å². The van der Waals surface area contributed by atoms with Crippen LogP contribution < -0.4 is 0 Å². The average Bonchev–Trinajstić information content (AvgIpc) is 3.75. The zero-order chi connectivity index (χ0) is 66.8. The van der Waals surface area contributed by atoms with Gasteiger partial charge in [0.1, 0.15) is 13.2 Å². The first-order chi connectivity index (χ1) is 45.1. The molecule has 0 rings (SSSR count). The number of ether oxygens (including phenoxy) is 4. The summed E-state index contributed by atoms with van der Waals surface area (Å²) in [7, 11) is 6.01. The third-order valence-corrected chi connectivity index (χ3v) is 19.6. The van der Waals surface area contributed by atoms with E-state index in [0.717, 1.165) is 38.5 Å². The highest BCUT2D eigenvalue weighted by Gasteiger charge is 2.25. The van der Waals surface area contributed by atoms with Crippen LogP contribution in [0.1, 0.15) is 457 Å². The van der Waals surface area contributed by atoms with Crippen LogP contribution in [0.3, 0.4) is 0 Å². The number of quaternary nitrogens is 1. The number of carboxylic acid groups (broad SMARTS) is 1. The lowest BCUT2D eigenvalue weighted by Gasteiger charge is -2.25. The van der Waals surface area contributed by atoms with Gasteiger partial charge in [0.25, 0.3) is 6.29 Å². The molecule has 0 saturated carbocycles. The van der Waals surface area contributed by atoms with Crippen LogP contribution in [0.25, 0.3) is 0 Å². The number of rotatable bonds is 80. The van der Waals surface area contributed by atoms with Gasteiger partial charge in [0, 0.05) is 12.8 Å². The Balaban J connectivity index is 3.92. The molecule has 0 aliphatic rings. The van der Waals surface area contributed by atoms with Crippen LogP contribution in [0, 0.1) is 0 Å². The van der Waals surface area contributed by atoms with Crippen molar-refractivity contribution >= 4 is 17.9 Å². The topological polar surface area (TPSA) is 108 Å².